The number of halogens is 1. The molecule has 1 aromatic rings. The molecule has 0 amide bonds. The first-order valence-corrected chi connectivity index (χ1v) is 6.74. The molecule has 0 aliphatic carbocycles. The quantitative estimate of drug-likeness (QED) is 0.884. The third-order valence-electron chi connectivity index (χ3n) is 4.13. The van der Waals surface area contributed by atoms with Crippen LogP contribution in [0, 0.1) is 5.82 Å². The van der Waals surface area contributed by atoms with Gasteiger partial charge < -0.3 is 5.32 Å². The van der Waals surface area contributed by atoms with Gasteiger partial charge in [0.15, 0.2) is 0 Å². The fourth-order valence-corrected chi connectivity index (χ4v) is 3.07. The monoisotopic (exact) mass is 250 g/mol. The lowest BCUT2D eigenvalue weighted by Crippen LogP contribution is -2.51. The van der Waals surface area contributed by atoms with Gasteiger partial charge in [-0.25, -0.2) is 4.39 Å². The standard InChI is InChI=1S/C15H23FN2/c1-15(2,18-10-6-7-11-18)14(17-3)12-8-4-5-9-13(12)16/h4-5,8-9,14,17H,6-7,10-11H2,1-3H3. The Bertz CT molecular complexity index is 397. The van der Waals surface area contributed by atoms with Gasteiger partial charge in [0.05, 0.1) is 6.04 Å². The van der Waals surface area contributed by atoms with Crippen LogP contribution in [0.4, 0.5) is 4.39 Å². The molecule has 18 heavy (non-hydrogen) atoms. The van der Waals surface area contributed by atoms with Gasteiger partial charge in [-0.1, -0.05) is 18.2 Å². The van der Waals surface area contributed by atoms with Gasteiger partial charge in [-0.05, 0) is 52.9 Å². The van der Waals surface area contributed by atoms with Crippen LogP contribution in [0.3, 0.4) is 0 Å². The third kappa shape index (κ3) is 2.43. The highest BCUT2D eigenvalue weighted by Crippen LogP contribution is 2.34. The van der Waals surface area contributed by atoms with Crippen molar-refractivity contribution in [3.63, 3.8) is 0 Å². The van der Waals surface area contributed by atoms with Gasteiger partial charge in [0.2, 0.25) is 0 Å². The van der Waals surface area contributed by atoms with Gasteiger partial charge in [0, 0.05) is 11.1 Å². The number of benzene rings is 1. The molecular weight excluding hydrogens is 227 g/mol. The Morgan fingerprint density at radius 2 is 1.83 bits per heavy atom. The molecule has 1 aliphatic heterocycles. The molecule has 1 aliphatic rings. The van der Waals surface area contributed by atoms with Gasteiger partial charge in [0.25, 0.3) is 0 Å². The lowest BCUT2D eigenvalue weighted by Gasteiger charge is -2.42. The molecule has 1 N–H and O–H groups in total. The van der Waals surface area contributed by atoms with E-state index in [9.17, 15) is 4.39 Å². The number of likely N-dealkylation sites (tertiary alicyclic amines) is 1. The molecule has 0 radical (unpaired) electrons. The maximum Gasteiger partial charge on any atom is 0.128 e. The molecule has 1 aromatic carbocycles. The average Bonchev–Trinajstić information content (AvgIpc) is 2.86. The molecule has 0 bridgehead atoms. The minimum atomic E-state index is -0.121. The second kappa shape index (κ2) is 5.37. The predicted molar refractivity (Wildman–Crippen MR) is 73.1 cm³/mol. The summed E-state index contributed by atoms with van der Waals surface area (Å²) >= 11 is 0. The molecule has 0 aromatic heterocycles. The molecule has 2 nitrogen and oxygen atoms in total. The summed E-state index contributed by atoms with van der Waals surface area (Å²) < 4.78 is 14.0. The molecule has 100 valence electrons. The summed E-state index contributed by atoms with van der Waals surface area (Å²) in [6.07, 6.45) is 2.49. The topological polar surface area (TPSA) is 15.3 Å². The number of rotatable bonds is 4. The fraction of sp³-hybridized carbons (Fsp3) is 0.600. The summed E-state index contributed by atoms with van der Waals surface area (Å²) in [4.78, 5) is 2.46. The van der Waals surface area contributed by atoms with E-state index < -0.39 is 0 Å². The number of hydrogen-bond acceptors (Lipinski definition) is 2. The zero-order chi connectivity index (χ0) is 13.2. The van der Waals surface area contributed by atoms with E-state index >= 15 is 0 Å². The Balaban J connectivity index is 2.30. The van der Waals surface area contributed by atoms with Crippen molar-refractivity contribution in [1.29, 1.82) is 0 Å². The lowest BCUT2D eigenvalue weighted by atomic mass is 9.87. The normalized spacial score (nSPS) is 19.1. The highest BCUT2D eigenvalue weighted by molar-refractivity contribution is 5.24. The maximum absolute atomic E-state index is 14.0. The largest absolute Gasteiger partial charge is 0.311 e. The minimum absolute atomic E-state index is 0.0109. The Hall–Kier alpha value is -0.930. The van der Waals surface area contributed by atoms with Crippen molar-refractivity contribution in [3.05, 3.63) is 35.6 Å². The van der Waals surface area contributed by atoms with Crippen LogP contribution in [0.2, 0.25) is 0 Å². The molecule has 1 unspecified atom stereocenters. The fourth-order valence-electron chi connectivity index (χ4n) is 3.07. The van der Waals surface area contributed by atoms with E-state index in [0.717, 1.165) is 18.7 Å². The number of nitrogens with one attached hydrogen (secondary N) is 1. The molecule has 3 heteroatoms. The van der Waals surface area contributed by atoms with Crippen molar-refractivity contribution >= 4 is 0 Å². The zero-order valence-electron chi connectivity index (χ0n) is 11.5. The summed E-state index contributed by atoms with van der Waals surface area (Å²) in [5, 5.41) is 3.29. The van der Waals surface area contributed by atoms with Gasteiger partial charge in [-0.3, -0.25) is 4.90 Å². The van der Waals surface area contributed by atoms with Gasteiger partial charge in [0.1, 0.15) is 5.82 Å². The first kappa shape index (κ1) is 13.5. The van der Waals surface area contributed by atoms with Crippen LogP contribution in [0.25, 0.3) is 0 Å². The Morgan fingerprint density at radius 1 is 1.22 bits per heavy atom. The van der Waals surface area contributed by atoms with Gasteiger partial charge in [-0.2, -0.15) is 0 Å². The SMILES string of the molecule is CNC(c1ccccc1F)C(C)(C)N1CCCC1. The summed E-state index contributed by atoms with van der Waals surface area (Å²) in [6, 6.07) is 7.09. The van der Waals surface area contributed by atoms with Crippen molar-refractivity contribution < 1.29 is 4.39 Å². The minimum Gasteiger partial charge on any atom is -0.311 e. The number of hydrogen-bond donors (Lipinski definition) is 1. The smallest absolute Gasteiger partial charge is 0.128 e. The van der Waals surface area contributed by atoms with Gasteiger partial charge >= 0.3 is 0 Å². The van der Waals surface area contributed by atoms with Crippen LogP contribution < -0.4 is 5.32 Å². The van der Waals surface area contributed by atoms with Crippen molar-refractivity contribution in [2.75, 3.05) is 20.1 Å². The Kier molecular flexibility index (Phi) is 4.03. The van der Waals surface area contributed by atoms with Crippen LogP contribution in [0.15, 0.2) is 24.3 Å². The van der Waals surface area contributed by atoms with Crippen molar-refractivity contribution in [2.45, 2.75) is 38.3 Å². The first-order valence-electron chi connectivity index (χ1n) is 6.74. The van der Waals surface area contributed by atoms with E-state index in [1.165, 1.54) is 12.8 Å². The van der Waals surface area contributed by atoms with Crippen LogP contribution in [-0.4, -0.2) is 30.6 Å². The summed E-state index contributed by atoms with van der Waals surface area (Å²) in [5.74, 6) is -0.121. The van der Waals surface area contributed by atoms with Crippen LogP contribution in [0.1, 0.15) is 38.3 Å². The highest BCUT2D eigenvalue weighted by Gasteiger charge is 2.37. The van der Waals surface area contributed by atoms with Crippen molar-refractivity contribution in [2.24, 2.45) is 0 Å². The Morgan fingerprint density at radius 3 is 2.39 bits per heavy atom. The summed E-state index contributed by atoms with van der Waals surface area (Å²) in [6.45, 7) is 6.62. The van der Waals surface area contributed by atoms with E-state index in [-0.39, 0.29) is 17.4 Å². The number of nitrogens with zero attached hydrogens (tertiary/aromatic N) is 1. The molecule has 1 fully saturated rings. The Labute approximate surface area is 109 Å². The first-order chi connectivity index (χ1) is 8.57. The molecule has 1 heterocycles. The summed E-state index contributed by atoms with van der Waals surface area (Å²) in [5.41, 5.74) is 0.685. The molecule has 2 rings (SSSR count). The van der Waals surface area contributed by atoms with Gasteiger partial charge in [-0.15, -0.1) is 0 Å². The molecule has 1 saturated heterocycles. The number of likely N-dealkylation sites (N-methyl/N-ethyl adjacent to an activating group) is 1. The molecular formula is C15H23FN2. The highest BCUT2D eigenvalue weighted by atomic mass is 19.1. The maximum atomic E-state index is 14.0. The third-order valence-corrected chi connectivity index (χ3v) is 4.13. The van der Waals surface area contributed by atoms with Crippen molar-refractivity contribution in [3.8, 4) is 0 Å². The molecule has 0 spiro atoms. The second-order valence-electron chi connectivity index (χ2n) is 5.59. The van der Waals surface area contributed by atoms with Crippen LogP contribution >= 0.6 is 0 Å². The van der Waals surface area contributed by atoms with Crippen LogP contribution in [-0.2, 0) is 0 Å². The van der Waals surface area contributed by atoms with Crippen molar-refractivity contribution in [1.82, 2.24) is 10.2 Å². The van der Waals surface area contributed by atoms with Crippen LogP contribution in [0.5, 0.6) is 0 Å². The zero-order valence-corrected chi connectivity index (χ0v) is 11.5. The van der Waals surface area contributed by atoms with E-state index in [4.69, 9.17) is 0 Å². The summed E-state index contributed by atoms with van der Waals surface area (Å²) in [7, 11) is 1.91. The second-order valence-corrected chi connectivity index (χ2v) is 5.59. The van der Waals surface area contributed by atoms with E-state index in [0.29, 0.717) is 0 Å². The lowest BCUT2D eigenvalue weighted by molar-refractivity contribution is 0.109. The van der Waals surface area contributed by atoms with E-state index in [1.54, 1.807) is 12.1 Å². The predicted octanol–water partition coefficient (Wildman–Crippen LogP) is 2.96. The molecule has 0 saturated carbocycles. The van der Waals surface area contributed by atoms with E-state index in [1.807, 2.05) is 19.2 Å². The molecule has 1 atom stereocenters. The average molecular weight is 250 g/mol. The van der Waals surface area contributed by atoms with E-state index in [2.05, 4.69) is 24.1 Å².